The highest BCUT2D eigenvalue weighted by molar-refractivity contribution is 5.99. The van der Waals surface area contributed by atoms with Gasteiger partial charge in [-0.3, -0.25) is 4.79 Å². The molecule has 1 aromatic heterocycles. The van der Waals surface area contributed by atoms with Crippen molar-refractivity contribution in [1.29, 1.82) is 5.26 Å². The zero-order valence-corrected chi connectivity index (χ0v) is 26.9. The van der Waals surface area contributed by atoms with Crippen LogP contribution in [0, 0.1) is 11.3 Å². The van der Waals surface area contributed by atoms with E-state index in [4.69, 9.17) is 9.47 Å². The smallest absolute Gasteiger partial charge is 0.416 e. The first-order valence-corrected chi connectivity index (χ1v) is 15.6. The maximum atomic E-state index is 13.9. The van der Waals surface area contributed by atoms with E-state index in [-0.39, 0.29) is 31.0 Å². The molecule has 47 heavy (non-hydrogen) atoms. The maximum absolute atomic E-state index is 13.9. The Morgan fingerprint density at radius 2 is 1.83 bits per heavy atom. The molecule has 0 aliphatic carbocycles. The van der Waals surface area contributed by atoms with Gasteiger partial charge in [0.05, 0.1) is 23.4 Å². The van der Waals surface area contributed by atoms with Gasteiger partial charge in [0.25, 0.3) is 0 Å². The third kappa shape index (κ3) is 7.29. The van der Waals surface area contributed by atoms with E-state index < -0.39 is 28.8 Å². The van der Waals surface area contributed by atoms with Gasteiger partial charge in [-0.25, -0.2) is 9.78 Å². The van der Waals surface area contributed by atoms with E-state index in [0.717, 1.165) is 34.5 Å². The summed E-state index contributed by atoms with van der Waals surface area (Å²) in [5.41, 5.74) is 1.65. The van der Waals surface area contributed by atoms with Crippen molar-refractivity contribution in [2.45, 2.75) is 64.1 Å². The predicted molar refractivity (Wildman–Crippen MR) is 171 cm³/mol. The molecule has 9 nitrogen and oxygen atoms in total. The standard InChI is InChI=1S/C35H38F3N5O4/c1-5-46-31-26(7-6-14-40-31)23-8-10-27-29(20-23)43(18-15-41-32(45)47-33(2,3)4)30(44)21-34(27)12-16-42(17-13-34)28-11-9-25(35(36,37)38)19-24(28)22-39/h6-11,14,19-20H,5,12-13,15-18,21H2,1-4H3,(H,41,45). The molecule has 0 saturated carbocycles. The summed E-state index contributed by atoms with van der Waals surface area (Å²) in [6.45, 7) is 8.93. The summed E-state index contributed by atoms with van der Waals surface area (Å²) < 4.78 is 51.1. The molecule has 1 fully saturated rings. The minimum absolute atomic E-state index is 0.0363. The summed E-state index contributed by atoms with van der Waals surface area (Å²) in [6.07, 6.45) is -2.13. The van der Waals surface area contributed by atoms with Crippen LogP contribution >= 0.6 is 0 Å². The number of halogens is 3. The van der Waals surface area contributed by atoms with Crippen LogP contribution in [0.1, 0.15) is 63.6 Å². The third-order valence-electron chi connectivity index (χ3n) is 8.52. The third-order valence-corrected chi connectivity index (χ3v) is 8.52. The predicted octanol–water partition coefficient (Wildman–Crippen LogP) is 6.84. The number of fused-ring (bicyclic) bond motifs is 2. The average Bonchev–Trinajstić information content (AvgIpc) is 3.01. The van der Waals surface area contributed by atoms with Crippen LogP contribution in [0.4, 0.5) is 29.3 Å². The summed E-state index contributed by atoms with van der Waals surface area (Å²) in [6, 6.07) is 14.9. The van der Waals surface area contributed by atoms with Crippen LogP contribution in [-0.2, 0) is 21.1 Å². The Morgan fingerprint density at radius 3 is 2.49 bits per heavy atom. The van der Waals surface area contributed by atoms with E-state index in [1.54, 1.807) is 31.9 Å². The zero-order valence-electron chi connectivity index (χ0n) is 26.9. The summed E-state index contributed by atoms with van der Waals surface area (Å²) in [4.78, 5) is 34.2. The molecule has 2 aromatic carbocycles. The number of alkyl carbamates (subject to hydrolysis) is 1. The summed E-state index contributed by atoms with van der Waals surface area (Å²) >= 11 is 0. The first-order valence-electron chi connectivity index (χ1n) is 15.6. The van der Waals surface area contributed by atoms with Crippen molar-refractivity contribution in [3.8, 4) is 23.1 Å². The van der Waals surface area contributed by atoms with Crippen LogP contribution in [-0.4, -0.2) is 55.4 Å². The Kier molecular flexibility index (Phi) is 9.39. The molecule has 0 bridgehead atoms. The monoisotopic (exact) mass is 649 g/mol. The fourth-order valence-corrected chi connectivity index (χ4v) is 6.38. The lowest BCUT2D eigenvalue weighted by atomic mass is 9.67. The number of nitrogens with one attached hydrogen (secondary N) is 1. The lowest BCUT2D eigenvalue weighted by Gasteiger charge is -2.48. The Morgan fingerprint density at radius 1 is 1.09 bits per heavy atom. The minimum Gasteiger partial charge on any atom is -0.478 e. The number of hydrogen-bond acceptors (Lipinski definition) is 7. The van der Waals surface area contributed by atoms with Crippen molar-refractivity contribution >= 4 is 23.4 Å². The normalized spacial score (nSPS) is 16.0. The molecule has 0 unspecified atom stereocenters. The van der Waals surface area contributed by atoms with Gasteiger partial charge in [0.15, 0.2) is 0 Å². The molecule has 12 heteroatoms. The Labute approximate surface area is 272 Å². The molecule has 5 rings (SSSR count). The number of piperidine rings is 1. The van der Waals surface area contributed by atoms with Crippen LogP contribution < -0.4 is 19.9 Å². The van der Waals surface area contributed by atoms with Gasteiger partial charge in [0.2, 0.25) is 11.8 Å². The molecular weight excluding hydrogens is 611 g/mol. The lowest BCUT2D eigenvalue weighted by molar-refractivity contribution is -0.137. The SMILES string of the molecule is CCOc1ncccc1-c1ccc2c(c1)N(CCNC(=O)OC(C)(C)C)C(=O)CC21CCN(c2ccc(C(F)(F)F)cc2C#N)CC1. The highest BCUT2D eigenvalue weighted by Crippen LogP contribution is 2.49. The van der Waals surface area contributed by atoms with Crippen molar-refractivity contribution in [3.05, 3.63) is 71.4 Å². The highest BCUT2D eigenvalue weighted by atomic mass is 19.4. The number of hydrogen-bond donors (Lipinski definition) is 1. The van der Waals surface area contributed by atoms with Crippen molar-refractivity contribution in [1.82, 2.24) is 10.3 Å². The molecule has 3 aromatic rings. The first-order chi connectivity index (χ1) is 22.2. The van der Waals surface area contributed by atoms with Crippen molar-refractivity contribution in [3.63, 3.8) is 0 Å². The summed E-state index contributed by atoms with van der Waals surface area (Å²) in [7, 11) is 0. The number of carbonyl (C=O) groups excluding carboxylic acids is 2. The van der Waals surface area contributed by atoms with Crippen LogP contribution in [0.25, 0.3) is 11.1 Å². The number of nitrogens with zero attached hydrogens (tertiary/aromatic N) is 4. The molecule has 2 aliphatic heterocycles. The molecule has 2 amide bonds. The molecular formula is C35H38F3N5O4. The van der Waals surface area contributed by atoms with Gasteiger partial charge in [0.1, 0.15) is 11.7 Å². The number of rotatable bonds is 7. The number of carbonyl (C=O) groups is 2. The second kappa shape index (κ2) is 13.1. The van der Waals surface area contributed by atoms with E-state index >= 15 is 0 Å². The van der Waals surface area contributed by atoms with Crippen molar-refractivity contribution in [2.75, 3.05) is 42.6 Å². The molecule has 248 valence electrons. The summed E-state index contributed by atoms with van der Waals surface area (Å²) in [5.74, 6) is 0.376. The van der Waals surface area contributed by atoms with Gasteiger partial charge in [-0.2, -0.15) is 18.4 Å². The van der Waals surface area contributed by atoms with E-state index in [0.29, 0.717) is 44.1 Å². The molecule has 0 radical (unpaired) electrons. The van der Waals surface area contributed by atoms with E-state index in [1.165, 1.54) is 6.07 Å². The Hall–Kier alpha value is -4.79. The highest BCUT2D eigenvalue weighted by Gasteiger charge is 2.45. The fraction of sp³-hybridized carbons (Fsp3) is 0.429. The van der Waals surface area contributed by atoms with E-state index in [2.05, 4.69) is 10.3 Å². The van der Waals surface area contributed by atoms with Crippen LogP contribution in [0.3, 0.4) is 0 Å². The summed E-state index contributed by atoms with van der Waals surface area (Å²) in [5, 5.41) is 12.4. The van der Waals surface area contributed by atoms with Crippen molar-refractivity contribution in [2.24, 2.45) is 0 Å². The Balaban J connectivity index is 1.46. The minimum atomic E-state index is -4.55. The van der Waals surface area contributed by atoms with Gasteiger partial charge < -0.3 is 24.6 Å². The number of nitriles is 1. The van der Waals surface area contributed by atoms with E-state index in [1.807, 2.05) is 48.2 Å². The van der Waals surface area contributed by atoms with Gasteiger partial charge in [0, 0.05) is 55.5 Å². The molecule has 0 atom stereocenters. The maximum Gasteiger partial charge on any atom is 0.416 e. The molecule has 1 spiro atoms. The average molecular weight is 650 g/mol. The second-order valence-electron chi connectivity index (χ2n) is 12.8. The molecule has 1 saturated heterocycles. The number of pyridine rings is 1. The first kappa shape index (κ1) is 33.6. The van der Waals surface area contributed by atoms with Crippen LogP contribution in [0.5, 0.6) is 5.88 Å². The quantitative estimate of drug-likeness (QED) is 0.299. The van der Waals surface area contributed by atoms with Gasteiger partial charge in [-0.15, -0.1) is 0 Å². The molecule has 1 N–H and O–H groups in total. The van der Waals surface area contributed by atoms with Crippen LogP contribution in [0.2, 0.25) is 0 Å². The van der Waals surface area contributed by atoms with Gasteiger partial charge in [-0.05, 0) is 88.1 Å². The van der Waals surface area contributed by atoms with Crippen molar-refractivity contribution < 1.29 is 32.2 Å². The lowest BCUT2D eigenvalue weighted by Crippen LogP contribution is -2.51. The van der Waals surface area contributed by atoms with E-state index in [9.17, 15) is 28.0 Å². The number of aromatic nitrogens is 1. The fourth-order valence-electron chi connectivity index (χ4n) is 6.38. The molecule has 2 aliphatic rings. The number of anilines is 2. The second-order valence-corrected chi connectivity index (χ2v) is 12.8. The molecule has 3 heterocycles. The topological polar surface area (TPSA) is 108 Å². The van der Waals surface area contributed by atoms with Crippen LogP contribution in [0.15, 0.2) is 54.7 Å². The largest absolute Gasteiger partial charge is 0.478 e. The number of alkyl halides is 3. The van der Waals surface area contributed by atoms with Gasteiger partial charge >= 0.3 is 12.3 Å². The zero-order chi connectivity index (χ0) is 34.0. The number of amides is 2. The Bertz CT molecular complexity index is 1690. The van der Waals surface area contributed by atoms with Gasteiger partial charge in [-0.1, -0.05) is 12.1 Å². The number of ether oxygens (including phenoxy) is 2. The number of benzene rings is 2.